The quantitative estimate of drug-likeness (QED) is 0.855. The Morgan fingerprint density at radius 2 is 2.53 bits per heavy atom. The zero-order valence-electron chi connectivity index (χ0n) is 9.11. The highest BCUT2D eigenvalue weighted by Gasteiger charge is 2.26. The number of aliphatic hydroxyl groups is 1. The van der Waals surface area contributed by atoms with Crippen molar-refractivity contribution in [2.45, 2.75) is 44.3 Å². The van der Waals surface area contributed by atoms with Crippen LogP contribution in [0.15, 0.2) is 17.5 Å². The van der Waals surface area contributed by atoms with Gasteiger partial charge in [-0.15, -0.1) is 11.3 Å². The molecular formula is C12H18O2S. The van der Waals surface area contributed by atoms with Crippen LogP contribution in [0.2, 0.25) is 0 Å². The highest BCUT2D eigenvalue weighted by molar-refractivity contribution is 7.10. The molecule has 1 N–H and O–H groups in total. The summed E-state index contributed by atoms with van der Waals surface area (Å²) in [6.07, 6.45) is 4.45. The Hall–Kier alpha value is -0.380. The topological polar surface area (TPSA) is 29.5 Å². The molecule has 1 aliphatic heterocycles. The molecule has 2 heterocycles. The second kappa shape index (κ2) is 4.64. The smallest absolute Gasteiger partial charge is 0.0960 e. The van der Waals surface area contributed by atoms with Crippen LogP contribution >= 0.6 is 11.3 Å². The number of rotatable bonds is 4. The van der Waals surface area contributed by atoms with E-state index in [9.17, 15) is 5.11 Å². The molecule has 3 heteroatoms. The Morgan fingerprint density at radius 1 is 1.67 bits per heavy atom. The second-order valence-electron chi connectivity index (χ2n) is 4.42. The highest BCUT2D eigenvalue weighted by atomic mass is 32.1. The minimum absolute atomic E-state index is 0.372. The maximum atomic E-state index is 10.3. The molecule has 0 aromatic carbocycles. The molecule has 1 aromatic rings. The Bertz CT molecular complexity index is 287. The van der Waals surface area contributed by atoms with Crippen LogP contribution in [0.4, 0.5) is 0 Å². The average Bonchev–Trinajstić information content (AvgIpc) is 2.88. The van der Waals surface area contributed by atoms with Crippen LogP contribution in [0.5, 0.6) is 0 Å². The van der Waals surface area contributed by atoms with E-state index in [1.54, 1.807) is 11.3 Å². The summed E-state index contributed by atoms with van der Waals surface area (Å²) in [6.45, 7) is 2.79. The summed E-state index contributed by atoms with van der Waals surface area (Å²) >= 11 is 1.62. The van der Waals surface area contributed by atoms with Gasteiger partial charge < -0.3 is 9.84 Å². The van der Waals surface area contributed by atoms with Crippen LogP contribution in [0, 0.1) is 0 Å². The fourth-order valence-corrected chi connectivity index (χ4v) is 2.84. The monoisotopic (exact) mass is 226 g/mol. The third-order valence-corrected chi connectivity index (χ3v) is 4.15. The van der Waals surface area contributed by atoms with Gasteiger partial charge in [-0.1, -0.05) is 6.07 Å². The van der Waals surface area contributed by atoms with Crippen molar-refractivity contribution < 1.29 is 9.84 Å². The molecule has 2 unspecified atom stereocenters. The number of hydrogen-bond donors (Lipinski definition) is 1. The van der Waals surface area contributed by atoms with Gasteiger partial charge in [-0.3, -0.25) is 0 Å². The summed E-state index contributed by atoms with van der Waals surface area (Å²) in [5.74, 6) is 0. The van der Waals surface area contributed by atoms with E-state index >= 15 is 0 Å². The summed E-state index contributed by atoms with van der Waals surface area (Å²) in [6, 6.07) is 3.99. The predicted octanol–water partition coefficient (Wildman–Crippen LogP) is 2.91. The number of hydrogen-bond acceptors (Lipinski definition) is 3. The maximum absolute atomic E-state index is 10.3. The number of ether oxygens (including phenoxy) is 1. The molecule has 0 spiro atoms. The van der Waals surface area contributed by atoms with Gasteiger partial charge in [-0.05, 0) is 44.1 Å². The fraction of sp³-hybridized carbons (Fsp3) is 0.667. The van der Waals surface area contributed by atoms with Gasteiger partial charge in [0.2, 0.25) is 0 Å². The van der Waals surface area contributed by atoms with Gasteiger partial charge in [0.15, 0.2) is 0 Å². The Labute approximate surface area is 94.9 Å². The van der Waals surface area contributed by atoms with Gasteiger partial charge in [0.1, 0.15) is 0 Å². The molecule has 1 aromatic heterocycles. The lowest BCUT2D eigenvalue weighted by molar-refractivity contribution is 0.0248. The van der Waals surface area contributed by atoms with Crippen molar-refractivity contribution in [3.05, 3.63) is 22.4 Å². The van der Waals surface area contributed by atoms with Crippen molar-refractivity contribution in [1.82, 2.24) is 0 Å². The maximum Gasteiger partial charge on any atom is 0.0960 e. The molecule has 2 nitrogen and oxygen atoms in total. The molecule has 1 aliphatic rings. The van der Waals surface area contributed by atoms with Gasteiger partial charge in [-0.2, -0.15) is 0 Å². The first-order valence-corrected chi connectivity index (χ1v) is 6.44. The summed E-state index contributed by atoms with van der Waals surface area (Å²) in [7, 11) is 0. The molecule has 2 rings (SSSR count). The van der Waals surface area contributed by atoms with Crippen molar-refractivity contribution in [1.29, 1.82) is 0 Å². The van der Waals surface area contributed by atoms with Crippen molar-refractivity contribution in [3.8, 4) is 0 Å². The van der Waals surface area contributed by atoms with Crippen molar-refractivity contribution in [2.75, 3.05) is 6.61 Å². The molecule has 0 amide bonds. The van der Waals surface area contributed by atoms with Crippen molar-refractivity contribution in [2.24, 2.45) is 0 Å². The Morgan fingerprint density at radius 3 is 3.13 bits per heavy atom. The summed E-state index contributed by atoms with van der Waals surface area (Å²) in [5.41, 5.74) is -0.680. The minimum atomic E-state index is -0.680. The zero-order chi connectivity index (χ0) is 10.7. The molecule has 84 valence electrons. The lowest BCUT2D eigenvalue weighted by Crippen LogP contribution is -2.22. The van der Waals surface area contributed by atoms with E-state index in [2.05, 4.69) is 0 Å². The van der Waals surface area contributed by atoms with Crippen LogP contribution in [0.25, 0.3) is 0 Å². The first-order valence-electron chi connectivity index (χ1n) is 5.56. The van der Waals surface area contributed by atoms with E-state index in [1.165, 1.54) is 6.42 Å². The van der Waals surface area contributed by atoms with E-state index in [1.807, 2.05) is 24.4 Å². The van der Waals surface area contributed by atoms with Gasteiger partial charge in [0.05, 0.1) is 11.7 Å². The van der Waals surface area contributed by atoms with Crippen LogP contribution in [0.3, 0.4) is 0 Å². The lowest BCUT2D eigenvalue weighted by atomic mass is 9.95. The first kappa shape index (κ1) is 11.1. The molecule has 1 fully saturated rings. The Kier molecular flexibility index (Phi) is 3.44. The van der Waals surface area contributed by atoms with Crippen LogP contribution in [-0.2, 0) is 10.3 Å². The van der Waals surface area contributed by atoms with E-state index in [-0.39, 0.29) is 0 Å². The van der Waals surface area contributed by atoms with Crippen LogP contribution in [-0.4, -0.2) is 17.8 Å². The molecular weight excluding hydrogens is 208 g/mol. The summed E-state index contributed by atoms with van der Waals surface area (Å²) in [5, 5.41) is 12.3. The molecule has 0 bridgehead atoms. The molecule has 0 saturated carbocycles. The largest absolute Gasteiger partial charge is 0.385 e. The third-order valence-electron chi connectivity index (χ3n) is 3.03. The van der Waals surface area contributed by atoms with E-state index in [0.29, 0.717) is 6.10 Å². The summed E-state index contributed by atoms with van der Waals surface area (Å²) in [4.78, 5) is 1.06. The standard InChI is InChI=1S/C12H18O2S/c1-12(13,11-5-3-9-15-11)7-6-10-4-2-8-14-10/h3,5,9-10,13H,2,4,6-8H2,1H3. The predicted molar refractivity (Wildman–Crippen MR) is 62.1 cm³/mol. The van der Waals surface area contributed by atoms with Gasteiger partial charge in [0, 0.05) is 11.5 Å². The lowest BCUT2D eigenvalue weighted by Gasteiger charge is -2.23. The third kappa shape index (κ3) is 2.80. The van der Waals surface area contributed by atoms with Gasteiger partial charge in [0.25, 0.3) is 0 Å². The fourth-order valence-electron chi connectivity index (χ4n) is 2.02. The van der Waals surface area contributed by atoms with E-state index < -0.39 is 5.60 Å². The van der Waals surface area contributed by atoms with Crippen molar-refractivity contribution >= 4 is 11.3 Å². The zero-order valence-corrected chi connectivity index (χ0v) is 9.93. The molecule has 15 heavy (non-hydrogen) atoms. The Balaban J connectivity index is 1.87. The van der Waals surface area contributed by atoms with Gasteiger partial charge >= 0.3 is 0 Å². The first-order chi connectivity index (χ1) is 7.18. The van der Waals surface area contributed by atoms with Crippen molar-refractivity contribution in [3.63, 3.8) is 0 Å². The number of thiophene rings is 1. The molecule has 1 saturated heterocycles. The molecule has 0 radical (unpaired) electrons. The molecule has 0 aliphatic carbocycles. The van der Waals surface area contributed by atoms with Crippen LogP contribution < -0.4 is 0 Å². The van der Waals surface area contributed by atoms with Gasteiger partial charge in [-0.25, -0.2) is 0 Å². The normalized spacial score (nSPS) is 25.3. The second-order valence-corrected chi connectivity index (χ2v) is 5.37. The van der Waals surface area contributed by atoms with Crippen LogP contribution in [0.1, 0.15) is 37.5 Å². The minimum Gasteiger partial charge on any atom is -0.385 e. The van der Waals surface area contributed by atoms with E-state index in [4.69, 9.17) is 4.74 Å². The SMILES string of the molecule is CC(O)(CCC1CCCO1)c1cccs1. The average molecular weight is 226 g/mol. The van der Waals surface area contributed by atoms with E-state index in [0.717, 1.165) is 30.7 Å². The summed E-state index contributed by atoms with van der Waals surface area (Å²) < 4.78 is 5.56. The highest BCUT2D eigenvalue weighted by Crippen LogP contribution is 2.31. The molecule has 2 atom stereocenters.